The van der Waals surface area contributed by atoms with Crippen molar-refractivity contribution in [3.05, 3.63) is 42.9 Å². The van der Waals surface area contributed by atoms with Crippen LogP contribution in [0.3, 0.4) is 0 Å². The van der Waals surface area contributed by atoms with Crippen molar-refractivity contribution in [2.24, 2.45) is 0 Å². The van der Waals surface area contributed by atoms with Gasteiger partial charge in [0.05, 0.1) is 24.7 Å². The van der Waals surface area contributed by atoms with Crippen molar-refractivity contribution in [2.75, 3.05) is 25.1 Å². The van der Waals surface area contributed by atoms with Crippen molar-refractivity contribution >= 4 is 16.9 Å². The number of ether oxygens (including phenoxy) is 1. The third kappa shape index (κ3) is 3.79. The molecule has 1 atom stereocenters. The van der Waals surface area contributed by atoms with Gasteiger partial charge in [0.1, 0.15) is 30.6 Å². The molecule has 0 aliphatic heterocycles. The molecule has 3 N–H and O–H groups in total. The van der Waals surface area contributed by atoms with Crippen LogP contribution in [0.1, 0.15) is 0 Å². The van der Waals surface area contributed by atoms with Gasteiger partial charge in [0.15, 0.2) is 5.65 Å². The van der Waals surface area contributed by atoms with E-state index in [9.17, 15) is 5.11 Å². The molecule has 0 spiro atoms. The van der Waals surface area contributed by atoms with Gasteiger partial charge < -0.3 is 20.3 Å². The fourth-order valence-corrected chi connectivity index (χ4v) is 2.27. The Morgan fingerprint density at radius 3 is 2.83 bits per heavy atom. The van der Waals surface area contributed by atoms with Crippen LogP contribution in [0.2, 0.25) is 0 Å². The molecule has 2 heterocycles. The summed E-state index contributed by atoms with van der Waals surface area (Å²) in [5.41, 5.74) is 0.636. The summed E-state index contributed by atoms with van der Waals surface area (Å²) in [4.78, 5) is 8.36. The quantitative estimate of drug-likeness (QED) is 0.558. The number of fused-ring (bicyclic) bond motifs is 1. The Morgan fingerprint density at radius 1 is 1.21 bits per heavy atom. The first-order valence-corrected chi connectivity index (χ1v) is 7.65. The van der Waals surface area contributed by atoms with Crippen molar-refractivity contribution in [1.29, 1.82) is 0 Å². The largest absolute Gasteiger partial charge is 0.491 e. The van der Waals surface area contributed by atoms with E-state index in [2.05, 4.69) is 20.4 Å². The Balaban J connectivity index is 1.59. The number of hydrogen-bond acceptors (Lipinski definition) is 7. The van der Waals surface area contributed by atoms with Crippen LogP contribution in [0, 0.1) is 0 Å². The molecule has 8 heteroatoms. The molecule has 2 aromatic heterocycles. The maximum Gasteiger partial charge on any atom is 0.163 e. The minimum absolute atomic E-state index is 0.0148. The molecule has 0 saturated carbocycles. The van der Waals surface area contributed by atoms with Gasteiger partial charge >= 0.3 is 0 Å². The zero-order valence-electron chi connectivity index (χ0n) is 13.0. The lowest BCUT2D eigenvalue weighted by Gasteiger charge is -2.13. The van der Waals surface area contributed by atoms with Gasteiger partial charge in [-0.05, 0) is 12.1 Å². The first-order valence-electron chi connectivity index (χ1n) is 7.65. The highest BCUT2D eigenvalue weighted by Crippen LogP contribution is 2.18. The second-order valence-corrected chi connectivity index (χ2v) is 5.21. The summed E-state index contributed by atoms with van der Waals surface area (Å²) in [5, 5.41) is 27.1. The average Bonchev–Trinajstić information content (AvgIpc) is 3.03. The van der Waals surface area contributed by atoms with E-state index in [4.69, 9.17) is 9.84 Å². The first-order chi connectivity index (χ1) is 11.8. The molecule has 126 valence electrons. The van der Waals surface area contributed by atoms with E-state index in [1.165, 1.54) is 6.33 Å². The van der Waals surface area contributed by atoms with Gasteiger partial charge in [-0.3, -0.25) is 0 Å². The van der Waals surface area contributed by atoms with E-state index in [0.29, 0.717) is 23.8 Å². The summed E-state index contributed by atoms with van der Waals surface area (Å²) in [6.45, 7) is 0.811. The highest BCUT2D eigenvalue weighted by Gasteiger charge is 2.11. The normalized spacial score (nSPS) is 12.2. The van der Waals surface area contributed by atoms with Gasteiger partial charge in [-0.1, -0.05) is 18.2 Å². The fraction of sp³-hybridized carbons (Fsp3) is 0.312. The molecule has 8 nitrogen and oxygen atoms in total. The maximum atomic E-state index is 10.0. The van der Waals surface area contributed by atoms with Crippen LogP contribution in [0.5, 0.6) is 5.75 Å². The Hall–Kier alpha value is -2.71. The minimum atomic E-state index is -0.692. The highest BCUT2D eigenvalue weighted by molar-refractivity contribution is 5.86. The Morgan fingerprint density at radius 2 is 2.04 bits per heavy atom. The van der Waals surface area contributed by atoms with Crippen LogP contribution in [-0.4, -0.2) is 55.8 Å². The number of aliphatic hydroxyl groups excluding tert-OH is 2. The van der Waals surface area contributed by atoms with E-state index in [-0.39, 0.29) is 19.8 Å². The zero-order valence-corrected chi connectivity index (χ0v) is 13.0. The lowest BCUT2D eigenvalue weighted by atomic mass is 10.3. The molecule has 0 aliphatic rings. The number of aromatic nitrogens is 4. The van der Waals surface area contributed by atoms with E-state index in [0.717, 1.165) is 5.39 Å². The van der Waals surface area contributed by atoms with Gasteiger partial charge in [-0.25, -0.2) is 14.6 Å². The van der Waals surface area contributed by atoms with Crippen LogP contribution in [0.15, 0.2) is 42.9 Å². The second kappa shape index (κ2) is 7.71. The summed E-state index contributed by atoms with van der Waals surface area (Å²) in [6, 6.07) is 9.33. The van der Waals surface area contributed by atoms with Crippen LogP contribution >= 0.6 is 0 Å². The standard InChI is InChI=1S/C16H19N5O3/c22-7-6-21-16-14(9-20-21)15(18-11-19-16)17-8-12(23)10-24-13-4-2-1-3-5-13/h1-5,9,11-12,22-23H,6-8,10H2,(H,17,18,19). The predicted octanol–water partition coefficient (Wildman–Crippen LogP) is 0.670. The third-order valence-electron chi connectivity index (χ3n) is 3.44. The van der Waals surface area contributed by atoms with Gasteiger partial charge in [0.2, 0.25) is 0 Å². The molecule has 24 heavy (non-hydrogen) atoms. The zero-order chi connectivity index (χ0) is 16.8. The van der Waals surface area contributed by atoms with Crippen LogP contribution in [-0.2, 0) is 6.54 Å². The second-order valence-electron chi connectivity index (χ2n) is 5.21. The van der Waals surface area contributed by atoms with Gasteiger partial charge in [0, 0.05) is 6.54 Å². The van der Waals surface area contributed by atoms with E-state index in [1.54, 1.807) is 10.9 Å². The van der Waals surface area contributed by atoms with Gasteiger partial charge in [0.25, 0.3) is 0 Å². The van der Waals surface area contributed by atoms with Crippen LogP contribution in [0.25, 0.3) is 11.0 Å². The number of benzene rings is 1. The summed E-state index contributed by atoms with van der Waals surface area (Å²) in [6.07, 6.45) is 2.37. The monoisotopic (exact) mass is 329 g/mol. The van der Waals surface area contributed by atoms with Crippen molar-refractivity contribution in [3.63, 3.8) is 0 Å². The van der Waals surface area contributed by atoms with E-state index >= 15 is 0 Å². The Labute approximate surface area is 138 Å². The van der Waals surface area contributed by atoms with Crippen LogP contribution in [0.4, 0.5) is 5.82 Å². The van der Waals surface area contributed by atoms with Crippen LogP contribution < -0.4 is 10.1 Å². The summed E-state index contributed by atoms with van der Waals surface area (Å²) >= 11 is 0. The number of nitrogens with one attached hydrogen (secondary N) is 1. The molecule has 0 amide bonds. The topological polar surface area (TPSA) is 105 Å². The summed E-state index contributed by atoms with van der Waals surface area (Å²) < 4.78 is 7.12. The number of para-hydroxylation sites is 1. The summed E-state index contributed by atoms with van der Waals surface area (Å²) in [7, 11) is 0. The molecule has 0 radical (unpaired) electrons. The molecule has 3 aromatic rings. The lowest BCUT2D eigenvalue weighted by Crippen LogP contribution is -2.26. The Kier molecular flexibility index (Phi) is 5.19. The third-order valence-corrected chi connectivity index (χ3v) is 3.44. The van der Waals surface area contributed by atoms with Gasteiger partial charge in [-0.2, -0.15) is 5.10 Å². The maximum absolute atomic E-state index is 10.0. The molecular formula is C16H19N5O3. The van der Waals surface area contributed by atoms with E-state index in [1.807, 2.05) is 30.3 Å². The summed E-state index contributed by atoms with van der Waals surface area (Å²) in [5.74, 6) is 1.30. The number of anilines is 1. The first kappa shape index (κ1) is 16.2. The number of nitrogens with zero attached hydrogens (tertiary/aromatic N) is 4. The molecular weight excluding hydrogens is 310 g/mol. The minimum Gasteiger partial charge on any atom is -0.491 e. The van der Waals surface area contributed by atoms with Crippen molar-refractivity contribution in [2.45, 2.75) is 12.6 Å². The molecule has 0 bridgehead atoms. The molecule has 0 saturated heterocycles. The lowest BCUT2D eigenvalue weighted by molar-refractivity contribution is 0.117. The number of hydrogen-bond donors (Lipinski definition) is 3. The smallest absolute Gasteiger partial charge is 0.163 e. The number of aliphatic hydroxyl groups is 2. The molecule has 1 aromatic carbocycles. The molecule has 0 fully saturated rings. The molecule has 3 rings (SSSR count). The SMILES string of the molecule is OCCn1ncc2c(NCC(O)COc3ccccc3)ncnc21. The van der Waals surface area contributed by atoms with Crippen molar-refractivity contribution in [3.8, 4) is 5.75 Å². The number of rotatable bonds is 8. The van der Waals surface area contributed by atoms with Crippen molar-refractivity contribution in [1.82, 2.24) is 19.7 Å². The highest BCUT2D eigenvalue weighted by atomic mass is 16.5. The average molecular weight is 329 g/mol. The molecule has 1 unspecified atom stereocenters. The predicted molar refractivity (Wildman–Crippen MR) is 88.8 cm³/mol. The van der Waals surface area contributed by atoms with Gasteiger partial charge in [-0.15, -0.1) is 0 Å². The fourth-order valence-electron chi connectivity index (χ4n) is 2.27. The molecule has 0 aliphatic carbocycles. The van der Waals surface area contributed by atoms with E-state index < -0.39 is 6.10 Å². The van der Waals surface area contributed by atoms with Crippen molar-refractivity contribution < 1.29 is 14.9 Å². The Bertz CT molecular complexity index is 778.